The number of nitrogens with one attached hydrogen (secondary N) is 1. The summed E-state index contributed by atoms with van der Waals surface area (Å²) in [6, 6.07) is 0.265. The number of aryl methyl sites for hydroxylation is 1. The molecule has 1 rings (SSSR count). The molecule has 0 saturated heterocycles. The van der Waals surface area contributed by atoms with Crippen LogP contribution >= 0.6 is 0 Å². The van der Waals surface area contributed by atoms with E-state index in [0.717, 1.165) is 24.5 Å². The summed E-state index contributed by atoms with van der Waals surface area (Å²) in [6.45, 7) is 8.79. The third kappa shape index (κ3) is 3.48. The highest BCUT2D eigenvalue weighted by Crippen LogP contribution is 2.25. The summed E-state index contributed by atoms with van der Waals surface area (Å²) in [4.78, 5) is 0. The van der Waals surface area contributed by atoms with Gasteiger partial charge in [-0.2, -0.15) is 5.10 Å². The van der Waals surface area contributed by atoms with E-state index >= 15 is 0 Å². The highest BCUT2D eigenvalue weighted by atomic mass is 32.2. The second-order valence-electron chi connectivity index (χ2n) is 4.91. The molecule has 2 atom stereocenters. The van der Waals surface area contributed by atoms with Crippen LogP contribution in [-0.4, -0.2) is 32.0 Å². The van der Waals surface area contributed by atoms with Gasteiger partial charge in [-0.15, -0.1) is 0 Å². The summed E-state index contributed by atoms with van der Waals surface area (Å²) in [7, 11) is -0.776. The van der Waals surface area contributed by atoms with Gasteiger partial charge in [-0.25, -0.2) is 4.68 Å². The van der Waals surface area contributed by atoms with Gasteiger partial charge in [-0.1, -0.05) is 6.92 Å². The van der Waals surface area contributed by atoms with Crippen molar-refractivity contribution >= 4 is 22.3 Å². The summed E-state index contributed by atoms with van der Waals surface area (Å²) in [5, 5.41) is 7.91. The average molecular weight is 272 g/mol. The summed E-state index contributed by atoms with van der Waals surface area (Å²) < 4.78 is 13.2. The third-order valence-electron chi connectivity index (χ3n) is 3.03. The first-order valence-electron chi connectivity index (χ1n) is 6.25. The fourth-order valence-corrected chi connectivity index (χ4v) is 2.12. The molecule has 1 aromatic heterocycles. The Morgan fingerprint density at radius 3 is 2.56 bits per heavy atom. The molecule has 2 unspecified atom stereocenters. The smallest absolute Gasteiger partial charge is 0.148 e. The molecule has 0 aromatic carbocycles. The minimum absolute atomic E-state index is 0.190. The first-order chi connectivity index (χ1) is 8.34. The van der Waals surface area contributed by atoms with Gasteiger partial charge in [0.05, 0.1) is 11.4 Å². The van der Waals surface area contributed by atoms with E-state index in [1.165, 1.54) is 0 Å². The van der Waals surface area contributed by atoms with E-state index in [0.29, 0.717) is 5.69 Å². The van der Waals surface area contributed by atoms with E-state index < -0.39 is 10.8 Å². The predicted molar refractivity (Wildman–Crippen MR) is 78.4 cm³/mol. The van der Waals surface area contributed by atoms with Crippen molar-refractivity contribution in [1.82, 2.24) is 9.78 Å². The van der Waals surface area contributed by atoms with Gasteiger partial charge in [0.2, 0.25) is 0 Å². The summed E-state index contributed by atoms with van der Waals surface area (Å²) in [5.41, 5.74) is 7.56. The maximum atomic E-state index is 11.3. The molecule has 0 radical (unpaired) electrons. The van der Waals surface area contributed by atoms with Gasteiger partial charge in [0.15, 0.2) is 0 Å². The Hall–Kier alpha value is -1.04. The van der Waals surface area contributed by atoms with Gasteiger partial charge in [0.25, 0.3) is 0 Å². The highest BCUT2D eigenvalue weighted by molar-refractivity contribution is 7.84. The molecule has 0 saturated carbocycles. The lowest BCUT2D eigenvalue weighted by molar-refractivity contribution is 0.534. The average Bonchev–Trinajstić information content (AvgIpc) is 2.56. The minimum atomic E-state index is -0.776. The van der Waals surface area contributed by atoms with Gasteiger partial charge >= 0.3 is 0 Å². The number of nitrogen functional groups attached to an aromatic ring is 1. The molecular weight excluding hydrogens is 248 g/mol. The zero-order valence-electron chi connectivity index (χ0n) is 11.9. The second-order valence-corrected chi connectivity index (χ2v) is 6.71. The standard InChI is InChI=1S/C12H24N4OS/c1-8(2)16-12(11(13)10(4)15-16)14-7-6-9(3)18(5)17/h8-9,14H,6-7,13H2,1-5H3. The van der Waals surface area contributed by atoms with Crippen LogP contribution in [0.25, 0.3) is 0 Å². The lowest BCUT2D eigenvalue weighted by Crippen LogP contribution is -2.17. The van der Waals surface area contributed by atoms with Crippen molar-refractivity contribution in [2.45, 2.75) is 45.4 Å². The van der Waals surface area contributed by atoms with E-state index in [9.17, 15) is 4.21 Å². The number of hydrogen-bond acceptors (Lipinski definition) is 4. The SMILES string of the molecule is Cc1nn(C(C)C)c(NCCC(C)S(C)=O)c1N. The Labute approximate surface area is 112 Å². The fraction of sp³-hybridized carbons (Fsp3) is 0.750. The number of anilines is 2. The Kier molecular flexibility index (Phi) is 5.19. The second kappa shape index (κ2) is 6.22. The minimum Gasteiger partial charge on any atom is -0.394 e. The lowest BCUT2D eigenvalue weighted by atomic mass is 10.3. The monoisotopic (exact) mass is 272 g/mol. The van der Waals surface area contributed by atoms with E-state index in [4.69, 9.17) is 5.73 Å². The van der Waals surface area contributed by atoms with Gasteiger partial charge in [-0.3, -0.25) is 4.21 Å². The maximum absolute atomic E-state index is 11.3. The molecule has 0 spiro atoms. The molecule has 18 heavy (non-hydrogen) atoms. The first kappa shape index (κ1) is 15.0. The Bertz CT molecular complexity index is 428. The van der Waals surface area contributed by atoms with Crippen LogP contribution in [0.2, 0.25) is 0 Å². The molecule has 104 valence electrons. The van der Waals surface area contributed by atoms with Crippen molar-refractivity contribution < 1.29 is 4.21 Å². The van der Waals surface area contributed by atoms with Crippen molar-refractivity contribution in [3.63, 3.8) is 0 Å². The number of nitrogens with zero attached hydrogens (tertiary/aromatic N) is 2. The molecule has 1 aromatic rings. The van der Waals surface area contributed by atoms with Crippen LogP contribution in [0.1, 0.15) is 38.9 Å². The van der Waals surface area contributed by atoms with Crippen LogP contribution in [0.3, 0.4) is 0 Å². The van der Waals surface area contributed by atoms with Crippen LogP contribution < -0.4 is 11.1 Å². The van der Waals surface area contributed by atoms with E-state index in [1.807, 2.05) is 18.5 Å². The van der Waals surface area contributed by atoms with Crippen LogP contribution in [0.5, 0.6) is 0 Å². The highest BCUT2D eigenvalue weighted by Gasteiger charge is 2.14. The molecule has 0 fully saturated rings. The largest absolute Gasteiger partial charge is 0.394 e. The van der Waals surface area contributed by atoms with Crippen LogP contribution in [0.4, 0.5) is 11.5 Å². The van der Waals surface area contributed by atoms with E-state index in [2.05, 4.69) is 24.3 Å². The summed E-state index contributed by atoms with van der Waals surface area (Å²) in [6.07, 6.45) is 2.59. The van der Waals surface area contributed by atoms with Gasteiger partial charge < -0.3 is 11.1 Å². The van der Waals surface area contributed by atoms with Crippen molar-refractivity contribution in [3.05, 3.63) is 5.69 Å². The molecule has 0 bridgehead atoms. The van der Waals surface area contributed by atoms with Gasteiger partial charge in [-0.05, 0) is 27.2 Å². The lowest BCUT2D eigenvalue weighted by Gasteiger charge is -2.14. The zero-order chi connectivity index (χ0) is 13.9. The zero-order valence-corrected chi connectivity index (χ0v) is 12.7. The molecule has 0 aliphatic heterocycles. The van der Waals surface area contributed by atoms with Crippen molar-refractivity contribution in [3.8, 4) is 0 Å². The van der Waals surface area contributed by atoms with Crippen molar-refractivity contribution in [2.24, 2.45) is 0 Å². The molecule has 6 heteroatoms. The fourth-order valence-electron chi connectivity index (χ4n) is 1.67. The number of aromatic nitrogens is 2. The van der Waals surface area contributed by atoms with Crippen LogP contribution in [0.15, 0.2) is 0 Å². The number of nitrogens with two attached hydrogens (primary N) is 1. The number of hydrogen-bond donors (Lipinski definition) is 2. The van der Waals surface area contributed by atoms with E-state index in [1.54, 1.807) is 6.26 Å². The quantitative estimate of drug-likeness (QED) is 0.830. The Morgan fingerprint density at radius 1 is 1.44 bits per heavy atom. The molecule has 0 aliphatic rings. The molecule has 0 aliphatic carbocycles. The van der Waals surface area contributed by atoms with Gasteiger partial charge in [0.1, 0.15) is 5.82 Å². The predicted octanol–water partition coefficient (Wildman–Crippen LogP) is 1.92. The van der Waals surface area contributed by atoms with E-state index in [-0.39, 0.29) is 11.3 Å². The number of rotatable bonds is 6. The topological polar surface area (TPSA) is 72.9 Å². The molecular formula is C12H24N4OS. The molecule has 1 heterocycles. The van der Waals surface area contributed by atoms with Gasteiger partial charge in [0, 0.05) is 34.9 Å². The summed E-state index contributed by atoms with van der Waals surface area (Å²) >= 11 is 0. The summed E-state index contributed by atoms with van der Waals surface area (Å²) in [5.74, 6) is 0.872. The molecule has 0 amide bonds. The molecule has 3 N–H and O–H groups in total. The van der Waals surface area contributed by atoms with Crippen molar-refractivity contribution in [1.29, 1.82) is 0 Å². The molecule has 5 nitrogen and oxygen atoms in total. The van der Waals surface area contributed by atoms with Crippen LogP contribution in [0, 0.1) is 6.92 Å². The van der Waals surface area contributed by atoms with Crippen LogP contribution in [-0.2, 0) is 10.8 Å². The maximum Gasteiger partial charge on any atom is 0.148 e. The normalized spacial score (nSPS) is 14.8. The Morgan fingerprint density at radius 2 is 2.06 bits per heavy atom. The Balaban J connectivity index is 2.69. The first-order valence-corrected chi connectivity index (χ1v) is 7.87. The third-order valence-corrected chi connectivity index (χ3v) is 4.40. The van der Waals surface area contributed by atoms with Crippen molar-refractivity contribution in [2.75, 3.05) is 23.9 Å².